The topological polar surface area (TPSA) is 0 Å². The number of hydrogen-bond acceptors (Lipinski definition) is 0. The van der Waals surface area contributed by atoms with Crippen LogP contribution in [0.2, 0.25) is 0 Å². The van der Waals surface area contributed by atoms with Crippen molar-refractivity contribution >= 4 is 0 Å². The highest BCUT2D eigenvalue weighted by molar-refractivity contribution is 5.11. The van der Waals surface area contributed by atoms with Gasteiger partial charge in [-0.1, -0.05) is 78.7 Å². The highest BCUT2D eigenvalue weighted by Crippen LogP contribution is 2.48. The van der Waals surface area contributed by atoms with Gasteiger partial charge in [-0.05, 0) is 74.0 Å². The third-order valence-corrected chi connectivity index (χ3v) is 7.16. The molecule has 140 valence electrons. The van der Waals surface area contributed by atoms with E-state index in [1.807, 2.05) is 0 Å². The van der Waals surface area contributed by atoms with Crippen molar-refractivity contribution in [3.63, 3.8) is 0 Å². The van der Waals surface area contributed by atoms with Crippen LogP contribution in [0.1, 0.15) is 93.9 Å². The van der Waals surface area contributed by atoms with Crippen LogP contribution >= 0.6 is 0 Å². The van der Waals surface area contributed by atoms with Crippen LogP contribution in [0.4, 0.5) is 0 Å². The molecule has 1 aliphatic rings. The minimum Gasteiger partial charge on any atom is -0.0998 e. The fourth-order valence-corrected chi connectivity index (χ4v) is 4.52. The van der Waals surface area contributed by atoms with Crippen LogP contribution in [0.25, 0.3) is 0 Å². The largest absolute Gasteiger partial charge is 0.0998 e. The molecule has 0 aromatic rings. The summed E-state index contributed by atoms with van der Waals surface area (Å²) in [4.78, 5) is 0. The maximum Gasteiger partial charge on any atom is -0.0140 e. The predicted molar refractivity (Wildman–Crippen MR) is 110 cm³/mol. The molecule has 0 spiro atoms. The maximum absolute atomic E-state index is 4.30. The van der Waals surface area contributed by atoms with Crippen molar-refractivity contribution in [1.82, 2.24) is 0 Å². The first kappa shape index (κ1) is 21.5. The molecule has 0 heteroatoms. The van der Waals surface area contributed by atoms with Crippen molar-refractivity contribution in [2.24, 2.45) is 34.5 Å². The van der Waals surface area contributed by atoms with E-state index in [9.17, 15) is 0 Å². The molecule has 0 N–H and O–H groups in total. The molecular formula is C24H44. The molecule has 1 aliphatic carbocycles. The molecule has 4 unspecified atom stereocenters. The van der Waals surface area contributed by atoms with Gasteiger partial charge in [0.25, 0.3) is 0 Å². The summed E-state index contributed by atoms with van der Waals surface area (Å²) in [6, 6.07) is 0. The molecular weight excluding hydrogens is 288 g/mol. The van der Waals surface area contributed by atoms with Gasteiger partial charge in [-0.2, -0.15) is 0 Å². The Morgan fingerprint density at radius 2 is 1.50 bits per heavy atom. The zero-order valence-corrected chi connectivity index (χ0v) is 18.0. The van der Waals surface area contributed by atoms with E-state index in [1.54, 1.807) is 0 Å². The lowest BCUT2D eigenvalue weighted by Crippen LogP contribution is -2.34. The Morgan fingerprint density at radius 1 is 0.958 bits per heavy atom. The van der Waals surface area contributed by atoms with Gasteiger partial charge in [-0.25, -0.2) is 0 Å². The van der Waals surface area contributed by atoms with Crippen molar-refractivity contribution in [1.29, 1.82) is 0 Å². The van der Waals surface area contributed by atoms with Crippen LogP contribution in [0, 0.1) is 34.5 Å². The number of rotatable bonds is 7. The Morgan fingerprint density at radius 3 is 1.96 bits per heavy atom. The molecule has 24 heavy (non-hydrogen) atoms. The van der Waals surface area contributed by atoms with Crippen LogP contribution in [-0.4, -0.2) is 0 Å². The van der Waals surface area contributed by atoms with Gasteiger partial charge in [-0.15, -0.1) is 0 Å². The fourth-order valence-electron chi connectivity index (χ4n) is 4.52. The summed E-state index contributed by atoms with van der Waals surface area (Å²) in [6.45, 7) is 27.5. The van der Waals surface area contributed by atoms with E-state index in [4.69, 9.17) is 0 Å². The quantitative estimate of drug-likeness (QED) is 0.414. The van der Waals surface area contributed by atoms with Crippen molar-refractivity contribution < 1.29 is 0 Å². The Kier molecular flexibility index (Phi) is 7.39. The summed E-state index contributed by atoms with van der Waals surface area (Å²) >= 11 is 0. The third-order valence-electron chi connectivity index (χ3n) is 7.16. The van der Waals surface area contributed by atoms with Gasteiger partial charge in [0.2, 0.25) is 0 Å². The maximum atomic E-state index is 4.30. The van der Waals surface area contributed by atoms with E-state index in [0.717, 1.165) is 11.8 Å². The van der Waals surface area contributed by atoms with E-state index >= 15 is 0 Å². The van der Waals surface area contributed by atoms with Gasteiger partial charge >= 0.3 is 0 Å². The molecule has 0 aromatic heterocycles. The van der Waals surface area contributed by atoms with Gasteiger partial charge in [0.05, 0.1) is 0 Å². The van der Waals surface area contributed by atoms with Crippen LogP contribution in [0.3, 0.4) is 0 Å². The van der Waals surface area contributed by atoms with Gasteiger partial charge < -0.3 is 0 Å². The van der Waals surface area contributed by atoms with Crippen LogP contribution < -0.4 is 0 Å². The van der Waals surface area contributed by atoms with Gasteiger partial charge in [0.15, 0.2) is 0 Å². The zero-order chi connectivity index (χ0) is 18.7. The molecule has 0 aromatic carbocycles. The minimum absolute atomic E-state index is 0.439. The normalized spacial score (nSPS) is 26.9. The van der Waals surface area contributed by atoms with Crippen molar-refractivity contribution in [3.05, 3.63) is 24.3 Å². The molecule has 1 saturated carbocycles. The second kappa shape index (κ2) is 8.24. The van der Waals surface area contributed by atoms with Crippen LogP contribution in [0.15, 0.2) is 24.3 Å². The summed E-state index contributed by atoms with van der Waals surface area (Å²) in [7, 11) is 0. The predicted octanol–water partition coefficient (Wildman–Crippen LogP) is 8.05. The lowest BCUT2D eigenvalue weighted by Gasteiger charge is -2.44. The second-order valence-electron chi connectivity index (χ2n) is 10.6. The van der Waals surface area contributed by atoms with E-state index < -0.39 is 0 Å². The first-order chi connectivity index (χ1) is 10.9. The van der Waals surface area contributed by atoms with Crippen molar-refractivity contribution in [2.45, 2.75) is 93.9 Å². The summed E-state index contributed by atoms with van der Waals surface area (Å²) in [5.74, 6) is 2.94. The average Bonchev–Trinajstić information content (AvgIpc) is 2.45. The Hall–Kier alpha value is -0.520. The van der Waals surface area contributed by atoms with Gasteiger partial charge in [0.1, 0.15) is 0 Å². The standard InChI is InChI=1S/C24H44/c1-17(2)21-14-13-20(16-22(21)18(3)4)24(9,10)15-11-12-19(5)23(6,7)8/h19-22H,1,3,11-16H2,2,4-10H3. The summed E-state index contributed by atoms with van der Waals surface area (Å²) < 4.78 is 0. The van der Waals surface area contributed by atoms with E-state index in [-0.39, 0.29) is 0 Å². The third kappa shape index (κ3) is 5.78. The highest BCUT2D eigenvalue weighted by Gasteiger charge is 2.38. The van der Waals surface area contributed by atoms with Gasteiger partial charge in [0, 0.05) is 0 Å². The van der Waals surface area contributed by atoms with E-state index in [2.05, 4.69) is 68.5 Å². The number of allylic oxidation sites excluding steroid dienone is 2. The van der Waals surface area contributed by atoms with E-state index in [0.29, 0.717) is 22.7 Å². The molecule has 0 aliphatic heterocycles. The van der Waals surface area contributed by atoms with Crippen molar-refractivity contribution in [2.75, 3.05) is 0 Å². The summed E-state index contributed by atoms with van der Waals surface area (Å²) in [5, 5.41) is 0. The molecule has 0 nitrogen and oxygen atoms in total. The molecule has 0 heterocycles. The molecule has 0 amide bonds. The monoisotopic (exact) mass is 332 g/mol. The zero-order valence-electron chi connectivity index (χ0n) is 18.0. The summed E-state index contributed by atoms with van der Waals surface area (Å²) in [5.41, 5.74) is 3.61. The smallest absolute Gasteiger partial charge is 0.0140 e. The molecule has 0 radical (unpaired) electrons. The first-order valence-corrected chi connectivity index (χ1v) is 10.2. The van der Waals surface area contributed by atoms with Crippen molar-refractivity contribution in [3.8, 4) is 0 Å². The van der Waals surface area contributed by atoms with Crippen LogP contribution in [0.5, 0.6) is 0 Å². The molecule has 1 rings (SSSR count). The highest BCUT2D eigenvalue weighted by atomic mass is 14.4. The van der Waals surface area contributed by atoms with E-state index in [1.165, 1.54) is 49.7 Å². The first-order valence-electron chi connectivity index (χ1n) is 10.2. The Bertz CT molecular complexity index is 431. The molecule has 4 atom stereocenters. The number of hydrogen-bond donors (Lipinski definition) is 0. The lowest BCUT2D eigenvalue weighted by molar-refractivity contribution is 0.0974. The Labute approximate surface area is 153 Å². The fraction of sp³-hybridized carbons (Fsp3) is 0.833. The van der Waals surface area contributed by atoms with Crippen LogP contribution in [-0.2, 0) is 0 Å². The minimum atomic E-state index is 0.439. The second-order valence-corrected chi connectivity index (χ2v) is 10.6. The van der Waals surface area contributed by atoms with Gasteiger partial charge in [-0.3, -0.25) is 0 Å². The molecule has 0 saturated heterocycles. The molecule has 0 bridgehead atoms. The lowest BCUT2D eigenvalue weighted by atomic mass is 9.61. The molecule has 1 fully saturated rings. The SMILES string of the molecule is C=C(C)C1CCC(C(C)(C)CCCC(C)C(C)(C)C)CC1C(=C)C. The average molecular weight is 333 g/mol. The summed E-state index contributed by atoms with van der Waals surface area (Å²) in [6.07, 6.45) is 8.07. The Balaban J connectivity index is 2.64.